The Balaban J connectivity index is 2.81. The molecular formula is C12H16N2O2. The third-order valence-electron chi connectivity index (χ3n) is 2.74. The number of hydrogen-bond acceptors (Lipinski definition) is 3. The monoisotopic (exact) mass is 220 g/mol. The summed E-state index contributed by atoms with van der Waals surface area (Å²) in [5.74, 6) is 0.595. The van der Waals surface area contributed by atoms with Crippen molar-refractivity contribution in [3.8, 4) is 6.07 Å². The molecule has 1 rings (SSSR count). The van der Waals surface area contributed by atoms with Gasteiger partial charge < -0.3 is 9.73 Å². The van der Waals surface area contributed by atoms with E-state index in [2.05, 4.69) is 11.4 Å². The highest BCUT2D eigenvalue weighted by Crippen LogP contribution is 2.15. The Kier molecular flexibility index (Phi) is 3.73. The van der Waals surface area contributed by atoms with Crippen LogP contribution >= 0.6 is 0 Å². The average molecular weight is 220 g/mol. The lowest BCUT2D eigenvalue weighted by Gasteiger charge is -2.24. The second-order valence-electron chi connectivity index (χ2n) is 3.77. The first kappa shape index (κ1) is 12.3. The Hall–Kier alpha value is -1.76. The molecule has 0 unspecified atom stereocenters. The van der Waals surface area contributed by atoms with Crippen LogP contribution in [0.3, 0.4) is 0 Å². The first-order valence-corrected chi connectivity index (χ1v) is 5.37. The summed E-state index contributed by atoms with van der Waals surface area (Å²) in [4.78, 5) is 11.8. The summed E-state index contributed by atoms with van der Waals surface area (Å²) >= 11 is 0. The number of nitrogens with zero attached hydrogens (tertiary/aromatic N) is 1. The van der Waals surface area contributed by atoms with Crippen molar-refractivity contribution in [3.63, 3.8) is 0 Å². The van der Waals surface area contributed by atoms with Crippen molar-refractivity contribution in [2.75, 3.05) is 0 Å². The van der Waals surface area contributed by atoms with Crippen LogP contribution in [0.1, 0.15) is 43.0 Å². The number of amides is 1. The smallest absolute Gasteiger partial charge is 0.288 e. The van der Waals surface area contributed by atoms with E-state index in [1.54, 1.807) is 19.1 Å². The van der Waals surface area contributed by atoms with Crippen LogP contribution in [0.4, 0.5) is 0 Å². The largest absolute Gasteiger partial charge is 0.456 e. The molecule has 4 heteroatoms. The van der Waals surface area contributed by atoms with Crippen LogP contribution < -0.4 is 5.32 Å². The van der Waals surface area contributed by atoms with Gasteiger partial charge in [-0.25, -0.2) is 0 Å². The van der Waals surface area contributed by atoms with Crippen LogP contribution in [0.2, 0.25) is 0 Å². The molecule has 0 aliphatic carbocycles. The Bertz CT molecular complexity index is 411. The molecule has 0 bridgehead atoms. The molecule has 1 N–H and O–H groups in total. The maximum atomic E-state index is 11.8. The van der Waals surface area contributed by atoms with Crippen LogP contribution in [-0.4, -0.2) is 11.4 Å². The molecule has 1 aromatic heterocycles. The fraction of sp³-hybridized carbons (Fsp3) is 0.500. The molecule has 0 radical (unpaired) electrons. The summed E-state index contributed by atoms with van der Waals surface area (Å²) in [6, 6.07) is 5.48. The van der Waals surface area contributed by atoms with Gasteiger partial charge in [0.2, 0.25) is 0 Å². The van der Waals surface area contributed by atoms with Gasteiger partial charge in [-0.05, 0) is 31.9 Å². The zero-order valence-electron chi connectivity index (χ0n) is 9.83. The van der Waals surface area contributed by atoms with Gasteiger partial charge in [-0.1, -0.05) is 13.8 Å². The van der Waals surface area contributed by atoms with E-state index in [1.807, 2.05) is 13.8 Å². The van der Waals surface area contributed by atoms with E-state index in [-0.39, 0.29) is 11.7 Å². The van der Waals surface area contributed by atoms with E-state index in [4.69, 9.17) is 9.68 Å². The van der Waals surface area contributed by atoms with E-state index in [0.29, 0.717) is 18.6 Å². The highest BCUT2D eigenvalue weighted by atomic mass is 16.3. The van der Waals surface area contributed by atoms with Crippen LogP contribution in [0.5, 0.6) is 0 Å². The van der Waals surface area contributed by atoms with Crippen molar-refractivity contribution >= 4 is 5.91 Å². The quantitative estimate of drug-likeness (QED) is 0.847. The van der Waals surface area contributed by atoms with Gasteiger partial charge in [0.05, 0.1) is 6.07 Å². The zero-order valence-corrected chi connectivity index (χ0v) is 9.83. The molecule has 0 aliphatic heterocycles. The van der Waals surface area contributed by atoms with Crippen molar-refractivity contribution < 1.29 is 9.21 Å². The second kappa shape index (κ2) is 4.84. The Morgan fingerprint density at radius 3 is 2.50 bits per heavy atom. The van der Waals surface area contributed by atoms with E-state index in [9.17, 15) is 4.79 Å². The van der Waals surface area contributed by atoms with E-state index in [0.717, 1.165) is 0 Å². The lowest BCUT2D eigenvalue weighted by atomic mass is 9.94. The summed E-state index contributed by atoms with van der Waals surface area (Å²) in [7, 11) is 0. The SMILES string of the molecule is CCC(C#N)(CC)NC(=O)c1ccc(C)o1. The van der Waals surface area contributed by atoms with Gasteiger partial charge >= 0.3 is 0 Å². The van der Waals surface area contributed by atoms with Crippen LogP contribution in [0, 0.1) is 18.3 Å². The summed E-state index contributed by atoms with van der Waals surface area (Å²) in [5, 5.41) is 11.8. The average Bonchev–Trinajstić information content (AvgIpc) is 2.73. The van der Waals surface area contributed by atoms with Crippen molar-refractivity contribution in [1.29, 1.82) is 5.26 Å². The molecule has 0 aromatic carbocycles. The normalized spacial score (nSPS) is 10.9. The molecule has 0 saturated heterocycles. The number of aryl methyl sites for hydroxylation is 1. The fourth-order valence-corrected chi connectivity index (χ4v) is 1.45. The highest BCUT2D eigenvalue weighted by molar-refractivity contribution is 5.92. The second-order valence-corrected chi connectivity index (χ2v) is 3.77. The molecule has 0 fully saturated rings. The number of carbonyl (C=O) groups excluding carboxylic acids is 1. The van der Waals surface area contributed by atoms with Gasteiger partial charge in [0.25, 0.3) is 5.91 Å². The van der Waals surface area contributed by atoms with E-state index in [1.165, 1.54) is 0 Å². The van der Waals surface area contributed by atoms with E-state index >= 15 is 0 Å². The van der Waals surface area contributed by atoms with Gasteiger partial charge in [-0.2, -0.15) is 5.26 Å². The predicted molar refractivity (Wildman–Crippen MR) is 59.8 cm³/mol. The molecule has 1 amide bonds. The predicted octanol–water partition coefficient (Wildman–Crippen LogP) is 2.40. The molecule has 16 heavy (non-hydrogen) atoms. The zero-order chi connectivity index (χ0) is 12.2. The molecule has 0 aliphatic rings. The lowest BCUT2D eigenvalue weighted by Crippen LogP contribution is -2.46. The standard InChI is InChI=1S/C12H16N2O2/c1-4-12(5-2,8-13)14-11(15)10-7-6-9(3)16-10/h6-7H,4-5H2,1-3H3,(H,14,15). The minimum absolute atomic E-state index is 0.249. The molecule has 0 saturated carbocycles. The maximum absolute atomic E-state index is 11.8. The van der Waals surface area contributed by atoms with Crippen LogP contribution in [-0.2, 0) is 0 Å². The topological polar surface area (TPSA) is 66.0 Å². The highest BCUT2D eigenvalue weighted by Gasteiger charge is 2.29. The third kappa shape index (κ3) is 2.43. The van der Waals surface area contributed by atoms with Crippen molar-refractivity contribution in [2.45, 2.75) is 39.2 Å². The van der Waals surface area contributed by atoms with Gasteiger partial charge in [-0.3, -0.25) is 4.79 Å². The molecule has 1 heterocycles. The lowest BCUT2D eigenvalue weighted by molar-refractivity contribution is 0.0886. The summed E-state index contributed by atoms with van der Waals surface area (Å²) in [6.45, 7) is 5.52. The molecule has 4 nitrogen and oxygen atoms in total. The minimum Gasteiger partial charge on any atom is -0.456 e. The number of furan rings is 1. The molecule has 0 spiro atoms. The van der Waals surface area contributed by atoms with Gasteiger partial charge in [0.15, 0.2) is 5.76 Å². The van der Waals surface area contributed by atoms with Crippen molar-refractivity contribution in [3.05, 3.63) is 23.7 Å². The number of hydrogen-bond donors (Lipinski definition) is 1. The summed E-state index contributed by atoms with van der Waals surface area (Å²) in [6.07, 6.45) is 1.15. The first-order valence-electron chi connectivity index (χ1n) is 5.37. The minimum atomic E-state index is -0.794. The Labute approximate surface area is 95.2 Å². The molecular weight excluding hydrogens is 204 g/mol. The number of rotatable bonds is 4. The first-order chi connectivity index (χ1) is 7.56. The van der Waals surface area contributed by atoms with E-state index < -0.39 is 5.54 Å². The maximum Gasteiger partial charge on any atom is 0.288 e. The molecule has 1 aromatic rings. The number of nitrogens with one attached hydrogen (secondary N) is 1. The van der Waals surface area contributed by atoms with Gasteiger partial charge in [0.1, 0.15) is 11.3 Å². The van der Waals surface area contributed by atoms with Crippen LogP contribution in [0.15, 0.2) is 16.5 Å². The number of carbonyl (C=O) groups is 1. The Morgan fingerprint density at radius 2 is 2.12 bits per heavy atom. The van der Waals surface area contributed by atoms with Crippen LogP contribution in [0.25, 0.3) is 0 Å². The summed E-state index contributed by atoms with van der Waals surface area (Å²) < 4.78 is 5.20. The summed E-state index contributed by atoms with van der Waals surface area (Å²) in [5.41, 5.74) is -0.794. The van der Waals surface area contributed by atoms with Crippen molar-refractivity contribution in [1.82, 2.24) is 5.32 Å². The van der Waals surface area contributed by atoms with Crippen molar-refractivity contribution in [2.24, 2.45) is 0 Å². The Morgan fingerprint density at radius 1 is 1.50 bits per heavy atom. The van der Waals surface area contributed by atoms with Gasteiger partial charge in [-0.15, -0.1) is 0 Å². The molecule has 0 atom stereocenters. The fourth-order valence-electron chi connectivity index (χ4n) is 1.45. The van der Waals surface area contributed by atoms with Gasteiger partial charge in [0, 0.05) is 0 Å². The third-order valence-corrected chi connectivity index (χ3v) is 2.74. The molecule has 86 valence electrons. The number of nitriles is 1.